The minimum Gasteiger partial charge on any atom is -0.263 e. The molecule has 3 nitrogen and oxygen atoms in total. The maximum Gasteiger partial charge on any atom is 0.115 e. The van der Waals surface area contributed by atoms with E-state index < -0.39 is 0 Å². The van der Waals surface area contributed by atoms with E-state index >= 15 is 0 Å². The van der Waals surface area contributed by atoms with Crippen LogP contribution in [-0.2, 0) is 0 Å². The summed E-state index contributed by atoms with van der Waals surface area (Å²) in [6.07, 6.45) is 5.00. The number of hydrogen-bond donors (Lipinski definition) is 0. The van der Waals surface area contributed by atoms with Gasteiger partial charge in [-0.05, 0) is 34.1 Å². The van der Waals surface area contributed by atoms with Crippen molar-refractivity contribution in [2.24, 2.45) is 0 Å². The molecule has 0 unspecified atom stereocenters. The lowest BCUT2D eigenvalue weighted by atomic mass is 10.3. The van der Waals surface area contributed by atoms with E-state index in [-0.39, 0.29) is 0 Å². The lowest BCUT2D eigenvalue weighted by molar-refractivity contribution is 1.10. The van der Waals surface area contributed by atoms with Crippen LogP contribution < -0.4 is 0 Å². The van der Waals surface area contributed by atoms with Gasteiger partial charge < -0.3 is 0 Å². The van der Waals surface area contributed by atoms with Crippen LogP contribution in [0.2, 0.25) is 0 Å². The molecule has 5 heteroatoms. The van der Waals surface area contributed by atoms with E-state index in [0.29, 0.717) is 5.56 Å². The quantitative estimate of drug-likeness (QED) is 0.852. The molecule has 0 saturated heterocycles. The predicted molar refractivity (Wildman–Crippen MR) is 65.0 cm³/mol. The first-order valence-electron chi connectivity index (χ1n) is 4.44. The summed E-state index contributed by atoms with van der Waals surface area (Å²) in [5.41, 5.74) is 0.609. The maximum absolute atomic E-state index is 8.94. The van der Waals surface area contributed by atoms with Gasteiger partial charge in [0.2, 0.25) is 0 Å². The van der Waals surface area contributed by atoms with Crippen molar-refractivity contribution in [2.45, 2.75) is 9.92 Å². The molecule has 0 aliphatic rings. The van der Waals surface area contributed by atoms with E-state index in [2.05, 4.69) is 32.0 Å². The molecule has 0 aromatic carbocycles. The molecule has 0 saturated carbocycles. The summed E-state index contributed by atoms with van der Waals surface area (Å²) < 4.78 is 0.910. The van der Waals surface area contributed by atoms with E-state index in [1.807, 2.05) is 12.1 Å². The fourth-order valence-corrected chi connectivity index (χ4v) is 2.43. The van der Waals surface area contributed by atoms with Gasteiger partial charge in [0.15, 0.2) is 0 Å². The molecule has 0 aliphatic heterocycles. The van der Waals surface area contributed by atoms with Gasteiger partial charge in [-0.15, -0.1) is 0 Å². The average molecular weight is 292 g/mol. The zero-order chi connectivity index (χ0) is 11.4. The minimum absolute atomic E-state index is 0.609. The van der Waals surface area contributed by atoms with Crippen molar-refractivity contribution in [1.82, 2.24) is 9.97 Å². The molecule has 0 radical (unpaired) electrons. The second-order valence-corrected chi connectivity index (χ2v) is 4.76. The van der Waals surface area contributed by atoms with Crippen LogP contribution in [0.3, 0.4) is 0 Å². The molecular weight excluding hydrogens is 286 g/mol. The Hall–Kier alpha value is -1.38. The smallest absolute Gasteiger partial charge is 0.115 e. The van der Waals surface area contributed by atoms with E-state index in [4.69, 9.17) is 5.26 Å². The summed E-state index contributed by atoms with van der Waals surface area (Å²) >= 11 is 4.84. The average Bonchev–Trinajstić information content (AvgIpc) is 2.33. The van der Waals surface area contributed by atoms with Gasteiger partial charge >= 0.3 is 0 Å². The summed E-state index contributed by atoms with van der Waals surface area (Å²) in [6.45, 7) is 0. The molecule has 0 fully saturated rings. The monoisotopic (exact) mass is 291 g/mol. The summed E-state index contributed by atoms with van der Waals surface area (Å²) in [5, 5.41) is 9.77. The Balaban J connectivity index is 2.35. The third-order valence-corrected chi connectivity index (χ3v) is 3.80. The van der Waals surface area contributed by atoms with Gasteiger partial charge in [-0.25, -0.2) is 4.98 Å². The van der Waals surface area contributed by atoms with Crippen LogP contribution >= 0.6 is 27.7 Å². The fraction of sp³-hybridized carbons (Fsp3) is 0. The molecule has 0 N–H and O–H groups in total. The Bertz CT molecular complexity index is 551. The van der Waals surface area contributed by atoms with Gasteiger partial charge in [-0.1, -0.05) is 11.8 Å². The van der Waals surface area contributed by atoms with Gasteiger partial charge in [0.25, 0.3) is 0 Å². The van der Waals surface area contributed by atoms with Crippen LogP contribution in [0.4, 0.5) is 0 Å². The molecule has 2 rings (SSSR count). The zero-order valence-electron chi connectivity index (χ0n) is 8.09. The second-order valence-electron chi connectivity index (χ2n) is 2.88. The lowest BCUT2D eigenvalue weighted by Gasteiger charge is -2.03. The highest BCUT2D eigenvalue weighted by molar-refractivity contribution is 9.10. The van der Waals surface area contributed by atoms with E-state index in [1.54, 1.807) is 24.7 Å². The zero-order valence-corrected chi connectivity index (χ0v) is 10.5. The largest absolute Gasteiger partial charge is 0.263 e. The number of aromatic nitrogens is 2. The normalized spacial score (nSPS) is 9.75. The summed E-state index contributed by atoms with van der Waals surface area (Å²) in [5.74, 6) is 0. The number of halogens is 1. The van der Waals surface area contributed by atoms with Crippen molar-refractivity contribution in [3.63, 3.8) is 0 Å². The molecule has 0 amide bonds. The van der Waals surface area contributed by atoms with Crippen LogP contribution in [0.5, 0.6) is 0 Å². The van der Waals surface area contributed by atoms with Gasteiger partial charge in [0, 0.05) is 23.5 Å². The number of nitriles is 1. The first-order chi connectivity index (χ1) is 7.81. The van der Waals surface area contributed by atoms with Gasteiger partial charge in [0.05, 0.1) is 10.0 Å². The van der Waals surface area contributed by atoms with E-state index in [0.717, 1.165) is 14.4 Å². The second kappa shape index (κ2) is 5.10. The highest BCUT2D eigenvalue weighted by atomic mass is 79.9. The third kappa shape index (κ3) is 2.40. The highest BCUT2D eigenvalue weighted by Crippen LogP contribution is 2.32. The van der Waals surface area contributed by atoms with Crippen molar-refractivity contribution in [1.29, 1.82) is 5.26 Å². The van der Waals surface area contributed by atoms with Gasteiger partial charge in [-0.2, -0.15) is 5.26 Å². The molecule has 0 bridgehead atoms. The van der Waals surface area contributed by atoms with Crippen LogP contribution in [0.1, 0.15) is 5.56 Å². The van der Waals surface area contributed by atoms with Crippen molar-refractivity contribution in [3.8, 4) is 6.07 Å². The highest BCUT2D eigenvalue weighted by Gasteiger charge is 2.07. The summed E-state index contributed by atoms with van der Waals surface area (Å²) in [4.78, 5) is 9.04. The Morgan fingerprint density at radius 1 is 1.31 bits per heavy atom. The first kappa shape index (κ1) is 11.1. The molecule has 2 aromatic heterocycles. The standard InChI is InChI=1S/C11H6BrN3S/c12-9-2-1-4-15-11(9)16-10-7-14-5-3-8(10)6-13/h1-5,7H. The van der Waals surface area contributed by atoms with Gasteiger partial charge in [-0.3, -0.25) is 4.98 Å². The number of hydrogen-bond acceptors (Lipinski definition) is 4. The Kier molecular flexibility index (Phi) is 3.54. The molecule has 16 heavy (non-hydrogen) atoms. The van der Waals surface area contributed by atoms with Gasteiger partial charge in [0.1, 0.15) is 11.1 Å². The van der Waals surface area contributed by atoms with Crippen molar-refractivity contribution in [2.75, 3.05) is 0 Å². The summed E-state index contributed by atoms with van der Waals surface area (Å²) in [7, 11) is 0. The van der Waals surface area contributed by atoms with Crippen molar-refractivity contribution >= 4 is 27.7 Å². The number of nitrogens with zero attached hydrogens (tertiary/aromatic N) is 3. The van der Waals surface area contributed by atoms with E-state index in [1.165, 1.54) is 11.8 Å². The van der Waals surface area contributed by atoms with Crippen molar-refractivity contribution < 1.29 is 0 Å². The Morgan fingerprint density at radius 2 is 2.19 bits per heavy atom. The van der Waals surface area contributed by atoms with Crippen LogP contribution in [0.15, 0.2) is 51.2 Å². The molecular formula is C11H6BrN3S. The van der Waals surface area contributed by atoms with E-state index in [9.17, 15) is 0 Å². The lowest BCUT2D eigenvalue weighted by Crippen LogP contribution is -1.85. The van der Waals surface area contributed by atoms with Crippen LogP contribution in [0, 0.1) is 11.3 Å². The molecule has 2 aromatic rings. The molecule has 78 valence electrons. The molecule has 2 heterocycles. The maximum atomic E-state index is 8.94. The van der Waals surface area contributed by atoms with Crippen molar-refractivity contribution in [3.05, 3.63) is 46.8 Å². The third-order valence-electron chi connectivity index (χ3n) is 1.84. The molecule has 0 atom stereocenters. The molecule has 0 aliphatic carbocycles. The minimum atomic E-state index is 0.609. The predicted octanol–water partition coefficient (Wildman–Crippen LogP) is 3.26. The summed E-state index contributed by atoms with van der Waals surface area (Å²) in [6, 6.07) is 7.59. The molecule has 0 spiro atoms. The number of rotatable bonds is 2. The Labute approximate surface area is 106 Å². The Morgan fingerprint density at radius 3 is 2.94 bits per heavy atom. The first-order valence-corrected chi connectivity index (χ1v) is 6.04. The van der Waals surface area contributed by atoms with Crippen LogP contribution in [0.25, 0.3) is 0 Å². The fourth-order valence-electron chi connectivity index (χ4n) is 1.10. The topological polar surface area (TPSA) is 49.6 Å². The van der Waals surface area contributed by atoms with Crippen LogP contribution in [-0.4, -0.2) is 9.97 Å². The SMILES string of the molecule is N#Cc1ccncc1Sc1ncccc1Br. The number of pyridine rings is 2.